The summed E-state index contributed by atoms with van der Waals surface area (Å²) in [5.41, 5.74) is 4.89. The lowest BCUT2D eigenvalue weighted by Crippen LogP contribution is -2.09. The second kappa shape index (κ2) is 8.40. The minimum Gasteiger partial charge on any atom is -0.494 e. The molecule has 2 aromatic carbocycles. The lowest BCUT2D eigenvalue weighted by Gasteiger charge is -2.11. The minimum atomic E-state index is -3.30. The van der Waals surface area contributed by atoms with Crippen molar-refractivity contribution in [1.29, 1.82) is 0 Å². The molecule has 160 valence electrons. The van der Waals surface area contributed by atoms with Crippen molar-refractivity contribution in [2.24, 2.45) is 0 Å². The third-order valence-corrected chi connectivity index (χ3v) is 5.77. The number of thiazole rings is 1. The van der Waals surface area contributed by atoms with E-state index in [2.05, 4.69) is 20.0 Å². The number of aryl methyl sites for hydroxylation is 1. The van der Waals surface area contributed by atoms with Crippen molar-refractivity contribution in [2.45, 2.75) is 6.92 Å². The van der Waals surface area contributed by atoms with Crippen molar-refractivity contribution >= 4 is 37.9 Å². The van der Waals surface area contributed by atoms with Gasteiger partial charge in [0.15, 0.2) is 5.13 Å². The summed E-state index contributed by atoms with van der Waals surface area (Å²) in [7, 11) is -1.66. The van der Waals surface area contributed by atoms with Gasteiger partial charge in [-0.3, -0.25) is 4.72 Å². The average Bonchev–Trinajstić information content (AvgIpc) is 3.36. The van der Waals surface area contributed by atoms with E-state index in [1.807, 2.05) is 53.4 Å². The molecule has 0 saturated heterocycles. The van der Waals surface area contributed by atoms with E-state index in [0.717, 1.165) is 39.7 Å². The minimum absolute atomic E-state index is 0.514. The van der Waals surface area contributed by atoms with E-state index in [9.17, 15) is 8.42 Å². The highest BCUT2D eigenvalue weighted by molar-refractivity contribution is 7.92. The number of nitrogens with zero attached hydrogens (tertiary/aromatic N) is 3. The molecule has 0 aliphatic rings. The van der Waals surface area contributed by atoms with Gasteiger partial charge in [0.25, 0.3) is 0 Å². The van der Waals surface area contributed by atoms with Crippen LogP contribution in [-0.2, 0) is 10.0 Å². The predicted octanol–water partition coefficient (Wildman–Crippen LogP) is 4.43. The van der Waals surface area contributed by atoms with Crippen molar-refractivity contribution in [2.75, 3.05) is 23.4 Å². The molecule has 0 bridgehead atoms. The molecule has 0 atom stereocenters. The van der Waals surface area contributed by atoms with Crippen LogP contribution in [0.15, 0.2) is 60.4 Å². The Morgan fingerprint density at radius 2 is 1.84 bits per heavy atom. The monoisotopic (exact) mass is 455 g/mol. The smallest absolute Gasteiger partial charge is 0.229 e. The molecule has 0 aliphatic carbocycles. The van der Waals surface area contributed by atoms with Crippen LogP contribution >= 0.6 is 11.3 Å². The van der Waals surface area contributed by atoms with Gasteiger partial charge in [-0.25, -0.2) is 18.4 Å². The summed E-state index contributed by atoms with van der Waals surface area (Å²) in [5.74, 6) is 0.716. The van der Waals surface area contributed by atoms with E-state index in [-0.39, 0.29) is 0 Å². The Bertz CT molecular complexity index is 1310. The van der Waals surface area contributed by atoms with Crippen LogP contribution in [0.1, 0.15) is 5.69 Å². The maximum Gasteiger partial charge on any atom is 0.229 e. The van der Waals surface area contributed by atoms with Gasteiger partial charge >= 0.3 is 0 Å². The zero-order valence-electron chi connectivity index (χ0n) is 17.2. The Kier molecular flexibility index (Phi) is 5.66. The van der Waals surface area contributed by atoms with Gasteiger partial charge in [0.05, 0.1) is 36.8 Å². The molecule has 2 N–H and O–H groups in total. The number of benzene rings is 2. The molecular formula is C21H21N5O3S2. The molecule has 4 aromatic rings. The summed E-state index contributed by atoms with van der Waals surface area (Å²) < 4.78 is 32.6. The molecule has 0 aliphatic heterocycles. The Labute approximate surface area is 184 Å². The number of hydrogen-bond donors (Lipinski definition) is 2. The van der Waals surface area contributed by atoms with Gasteiger partial charge in [0, 0.05) is 34.6 Å². The van der Waals surface area contributed by atoms with Crippen molar-refractivity contribution in [3.63, 3.8) is 0 Å². The molecule has 2 aromatic heterocycles. The molecule has 0 unspecified atom stereocenters. The summed E-state index contributed by atoms with van der Waals surface area (Å²) in [5, 5.41) is 5.99. The second-order valence-electron chi connectivity index (χ2n) is 6.92. The Balaban J connectivity index is 1.51. The normalized spacial score (nSPS) is 11.3. The number of nitrogens with one attached hydrogen (secondary N) is 2. The quantitative estimate of drug-likeness (QED) is 0.428. The summed E-state index contributed by atoms with van der Waals surface area (Å²) in [4.78, 5) is 8.89. The van der Waals surface area contributed by atoms with Gasteiger partial charge in [-0.1, -0.05) is 12.1 Å². The van der Waals surface area contributed by atoms with Gasteiger partial charge in [-0.2, -0.15) is 0 Å². The molecule has 8 nitrogen and oxygen atoms in total. The highest BCUT2D eigenvalue weighted by atomic mass is 32.2. The summed E-state index contributed by atoms with van der Waals surface area (Å²) in [6.45, 7) is 1.94. The third kappa shape index (κ3) is 5.04. The topological polar surface area (TPSA) is 98.1 Å². The fraction of sp³-hybridized carbons (Fsp3) is 0.143. The number of sulfonamides is 1. The number of methoxy groups -OCH3 is 1. The number of rotatable bonds is 7. The fourth-order valence-electron chi connectivity index (χ4n) is 3.03. The van der Waals surface area contributed by atoms with Crippen LogP contribution in [0.3, 0.4) is 0 Å². The Hall–Kier alpha value is -3.37. The largest absolute Gasteiger partial charge is 0.494 e. The number of imidazole rings is 1. The van der Waals surface area contributed by atoms with E-state index in [1.165, 1.54) is 11.3 Å². The van der Waals surface area contributed by atoms with Crippen LogP contribution in [0.25, 0.3) is 16.9 Å². The highest BCUT2D eigenvalue weighted by Gasteiger charge is 2.10. The first-order valence-electron chi connectivity index (χ1n) is 9.30. The Morgan fingerprint density at radius 3 is 2.48 bits per heavy atom. The van der Waals surface area contributed by atoms with Crippen molar-refractivity contribution in [3.8, 4) is 22.7 Å². The van der Waals surface area contributed by atoms with Crippen molar-refractivity contribution in [1.82, 2.24) is 14.5 Å². The SMILES string of the molecule is COc1cc(Nc2nc(-c3ccc(NS(C)(=O)=O)cc3)cs2)ccc1-n1cnc(C)c1. The average molecular weight is 456 g/mol. The van der Waals surface area contributed by atoms with Crippen LogP contribution in [0.5, 0.6) is 5.75 Å². The van der Waals surface area contributed by atoms with E-state index >= 15 is 0 Å². The van der Waals surface area contributed by atoms with Gasteiger partial charge in [0.2, 0.25) is 10.0 Å². The van der Waals surface area contributed by atoms with E-state index in [1.54, 1.807) is 25.6 Å². The van der Waals surface area contributed by atoms with Crippen molar-refractivity contribution < 1.29 is 13.2 Å². The van der Waals surface area contributed by atoms with Gasteiger partial charge in [-0.15, -0.1) is 11.3 Å². The molecule has 0 fully saturated rings. The maximum absolute atomic E-state index is 11.3. The van der Waals surface area contributed by atoms with Crippen molar-refractivity contribution in [3.05, 3.63) is 66.1 Å². The number of hydrogen-bond acceptors (Lipinski definition) is 7. The Morgan fingerprint density at radius 1 is 1.10 bits per heavy atom. The first kappa shape index (κ1) is 20.9. The zero-order valence-corrected chi connectivity index (χ0v) is 18.8. The molecule has 0 amide bonds. The second-order valence-corrected chi connectivity index (χ2v) is 9.53. The molecule has 10 heteroatoms. The molecule has 0 saturated carbocycles. The lowest BCUT2D eigenvalue weighted by atomic mass is 10.1. The van der Waals surface area contributed by atoms with Gasteiger partial charge in [0.1, 0.15) is 5.75 Å². The first-order chi connectivity index (χ1) is 14.8. The van der Waals surface area contributed by atoms with Crippen LogP contribution in [0, 0.1) is 6.92 Å². The third-order valence-electron chi connectivity index (χ3n) is 4.41. The lowest BCUT2D eigenvalue weighted by molar-refractivity contribution is 0.413. The maximum atomic E-state index is 11.3. The van der Waals surface area contributed by atoms with Gasteiger partial charge < -0.3 is 14.6 Å². The van der Waals surface area contributed by atoms with Crippen LogP contribution < -0.4 is 14.8 Å². The molecule has 2 heterocycles. The van der Waals surface area contributed by atoms with E-state index in [4.69, 9.17) is 4.74 Å². The first-order valence-corrected chi connectivity index (χ1v) is 12.1. The predicted molar refractivity (Wildman–Crippen MR) is 124 cm³/mol. The summed E-state index contributed by atoms with van der Waals surface area (Å²) in [6.07, 6.45) is 4.82. The highest BCUT2D eigenvalue weighted by Crippen LogP contribution is 2.31. The molecule has 0 radical (unpaired) electrons. The number of aromatic nitrogens is 3. The molecule has 0 spiro atoms. The van der Waals surface area contributed by atoms with E-state index < -0.39 is 10.0 Å². The fourth-order valence-corrected chi connectivity index (χ4v) is 4.34. The standard InChI is InChI=1S/C21H21N5O3S2/c1-14-11-26(13-22-14)19-9-8-17(10-20(19)29-2)23-21-24-18(12-30-21)15-4-6-16(7-5-15)25-31(3,27)28/h4-13,25H,1-3H3,(H,23,24). The number of ether oxygens (including phenoxy) is 1. The van der Waals surface area contributed by atoms with Crippen LogP contribution in [-0.4, -0.2) is 36.3 Å². The van der Waals surface area contributed by atoms with Gasteiger partial charge in [-0.05, 0) is 31.2 Å². The molecular weight excluding hydrogens is 434 g/mol. The van der Waals surface area contributed by atoms with E-state index in [0.29, 0.717) is 11.4 Å². The molecule has 4 rings (SSSR count). The zero-order chi connectivity index (χ0) is 22.0. The molecule has 31 heavy (non-hydrogen) atoms. The van der Waals surface area contributed by atoms with Crippen LogP contribution in [0.2, 0.25) is 0 Å². The summed E-state index contributed by atoms with van der Waals surface area (Å²) >= 11 is 1.48. The summed E-state index contributed by atoms with van der Waals surface area (Å²) in [6, 6.07) is 12.9. The van der Waals surface area contributed by atoms with Crippen LogP contribution in [0.4, 0.5) is 16.5 Å². The number of anilines is 3.